The molecule has 0 saturated carbocycles. The summed E-state index contributed by atoms with van der Waals surface area (Å²) < 4.78 is 21.8. The second-order valence-electron chi connectivity index (χ2n) is 6.90. The molecule has 152 valence electrons. The van der Waals surface area contributed by atoms with Gasteiger partial charge in [-0.05, 0) is 18.6 Å². The number of carbonyl (C=O) groups is 2. The van der Waals surface area contributed by atoms with Crippen molar-refractivity contribution in [2.75, 3.05) is 13.3 Å². The summed E-state index contributed by atoms with van der Waals surface area (Å²) in [5.41, 5.74) is 6.66. The third-order valence-corrected chi connectivity index (χ3v) is 5.41. The molecule has 4 heterocycles. The zero-order valence-corrected chi connectivity index (χ0v) is 15.7. The Balaban J connectivity index is 1.73. The lowest BCUT2D eigenvalue weighted by molar-refractivity contribution is -0.136. The van der Waals surface area contributed by atoms with Crippen LogP contribution in [0.2, 0.25) is 0 Å². The van der Waals surface area contributed by atoms with Crippen LogP contribution in [0.5, 0.6) is 5.88 Å². The number of likely N-dealkylation sites (tertiary alicyclic amines) is 1. The number of hydrogen-bond acceptors (Lipinski definition) is 6. The lowest BCUT2D eigenvalue weighted by Gasteiger charge is -2.25. The number of aliphatic hydroxyl groups is 1. The fourth-order valence-electron chi connectivity index (χ4n) is 3.96. The minimum absolute atomic E-state index is 0.0366. The molecule has 0 aliphatic carbocycles. The van der Waals surface area contributed by atoms with Crippen molar-refractivity contribution >= 4 is 28.4 Å². The van der Waals surface area contributed by atoms with Crippen LogP contribution in [0, 0.1) is 5.92 Å². The number of pyridine rings is 2. The van der Waals surface area contributed by atoms with Gasteiger partial charge in [0.1, 0.15) is 24.5 Å². The summed E-state index contributed by atoms with van der Waals surface area (Å²) in [6, 6.07) is 2.70. The summed E-state index contributed by atoms with van der Waals surface area (Å²) in [5, 5.41) is 10.2. The molecular formula is C19H20FN5O4. The standard InChI is InChI=1S/C19H20FN5O4/c1-2-11-13(25(9-26)19(28)14(11)20)8-29-18-15-10(3-4-23-18)7-12(16(21)27)17-22-5-6-24(15)17/h3-7,11,13-14,26H,2,8-9H2,1H3,(H2,21,27)/t11-,13+,14?/m0/s1. The van der Waals surface area contributed by atoms with E-state index in [1.54, 1.807) is 29.7 Å². The van der Waals surface area contributed by atoms with Crippen molar-refractivity contribution in [3.63, 3.8) is 0 Å². The molecule has 4 rings (SSSR count). The normalized spacial score (nSPS) is 22.0. The van der Waals surface area contributed by atoms with Crippen molar-refractivity contribution in [3.8, 4) is 5.88 Å². The average Bonchev–Trinajstić information content (AvgIpc) is 3.28. The van der Waals surface area contributed by atoms with Gasteiger partial charge in [-0.1, -0.05) is 6.92 Å². The summed E-state index contributed by atoms with van der Waals surface area (Å²) in [5.74, 6) is -1.68. The fourth-order valence-corrected chi connectivity index (χ4v) is 3.96. The lowest BCUT2D eigenvalue weighted by Crippen LogP contribution is -2.40. The predicted octanol–water partition coefficient (Wildman–Crippen LogP) is 0.885. The Labute approximate surface area is 164 Å². The van der Waals surface area contributed by atoms with Crippen molar-refractivity contribution in [2.45, 2.75) is 25.6 Å². The number of rotatable bonds is 6. The molecule has 3 aromatic heterocycles. The molecule has 9 nitrogen and oxygen atoms in total. The number of aromatic nitrogens is 3. The topological polar surface area (TPSA) is 123 Å². The maximum Gasteiger partial charge on any atom is 0.259 e. The quantitative estimate of drug-likeness (QED) is 0.632. The average molecular weight is 401 g/mol. The number of halogens is 1. The summed E-state index contributed by atoms with van der Waals surface area (Å²) in [7, 11) is 0. The molecule has 1 unspecified atom stereocenters. The van der Waals surface area contributed by atoms with Gasteiger partial charge >= 0.3 is 0 Å². The highest BCUT2D eigenvalue weighted by atomic mass is 19.1. The number of nitrogens with zero attached hydrogens (tertiary/aromatic N) is 4. The van der Waals surface area contributed by atoms with E-state index in [9.17, 15) is 19.1 Å². The molecule has 3 N–H and O–H groups in total. The minimum atomic E-state index is -1.67. The fraction of sp³-hybridized carbons (Fsp3) is 0.368. The number of nitrogens with two attached hydrogens (primary N) is 1. The van der Waals surface area contributed by atoms with Crippen LogP contribution in [-0.4, -0.2) is 61.7 Å². The second-order valence-corrected chi connectivity index (χ2v) is 6.90. The first-order valence-electron chi connectivity index (χ1n) is 9.20. The summed E-state index contributed by atoms with van der Waals surface area (Å²) in [4.78, 5) is 33.3. The Morgan fingerprint density at radius 2 is 2.17 bits per heavy atom. The number of primary amides is 1. The van der Waals surface area contributed by atoms with E-state index in [0.29, 0.717) is 23.0 Å². The molecule has 0 bridgehead atoms. The van der Waals surface area contributed by atoms with Crippen LogP contribution in [-0.2, 0) is 4.79 Å². The van der Waals surface area contributed by atoms with E-state index in [4.69, 9.17) is 10.5 Å². The Kier molecular flexibility index (Phi) is 4.79. The van der Waals surface area contributed by atoms with E-state index in [-0.39, 0.29) is 18.1 Å². The van der Waals surface area contributed by atoms with Crippen LogP contribution in [0.3, 0.4) is 0 Å². The molecule has 1 aliphatic rings. The number of hydrogen-bond donors (Lipinski definition) is 2. The molecule has 1 saturated heterocycles. The Morgan fingerprint density at radius 1 is 1.38 bits per heavy atom. The summed E-state index contributed by atoms with van der Waals surface area (Å²) >= 11 is 0. The lowest BCUT2D eigenvalue weighted by atomic mass is 9.96. The van der Waals surface area contributed by atoms with Crippen molar-refractivity contribution in [3.05, 3.63) is 36.3 Å². The molecular weight excluding hydrogens is 381 g/mol. The van der Waals surface area contributed by atoms with Crippen LogP contribution in [0.1, 0.15) is 23.7 Å². The van der Waals surface area contributed by atoms with Crippen LogP contribution < -0.4 is 10.5 Å². The van der Waals surface area contributed by atoms with Gasteiger partial charge in [-0.2, -0.15) is 0 Å². The zero-order chi connectivity index (χ0) is 20.7. The first-order chi connectivity index (χ1) is 14.0. The van der Waals surface area contributed by atoms with E-state index in [2.05, 4.69) is 9.97 Å². The van der Waals surface area contributed by atoms with E-state index >= 15 is 0 Å². The monoisotopic (exact) mass is 401 g/mol. The maximum atomic E-state index is 14.3. The number of imidazole rings is 1. The maximum absolute atomic E-state index is 14.3. The van der Waals surface area contributed by atoms with E-state index < -0.39 is 36.7 Å². The third kappa shape index (κ3) is 2.96. The Bertz CT molecular complexity index is 1100. The first kappa shape index (κ1) is 19.1. The summed E-state index contributed by atoms with van der Waals surface area (Å²) in [6.07, 6.45) is 3.46. The molecule has 1 aliphatic heterocycles. The number of aliphatic hydroxyl groups excluding tert-OH is 1. The number of alkyl halides is 1. The van der Waals surface area contributed by atoms with Gasteiger partial charge in [0, 0.05) is 29.9 Å². The van der Waals surface area contributed by atoms with Crippen LogP contribution in [0.4, 0.5) is 4.39 Å². The van der Waals surface area contributed by atoms with Gasteiger partial charge in [0.05, 0.1) is 11.6 Å². The third-order valence-electron chi connectivity index (χ3n) is 5.41. The molecule has 0 radical (unpaired) electrons. The number of amides is 2. The molecule has 0 aromatic carbocycles. The smallest absolute Gasteiger partial charge is 0.259 e. The molecule has 10 heteroatoms. The highest BCUT2D eigenvalue weighted by molar-refractivity contribution is 6.03. The molecule has 29 heavy (non-hydrogen) atoms. The number of fused-ring (bicyclic) bond motifs is 3. The van der Waals surface area contributed by atoms with Gasteiger partial charge in [-0.3, -0.25) is 14.0 Å². The Morgan fingerprint density at radius 3 is 2.86 bits per heavy atom. The molecule has 3 atom stereocenters. The Hall–Kier alpha value is -3.27. The van der Waals surface area contributed by atoms with Crippen molar-refractivity contribution in [1.82, 2.24) is 19.3 Å². The highest BCUT2D eigenvalue weighted by Gasteiger charge is 2.47. The predicted molar refractivity (Wildman–Crippen MR) is 101 cm³/mol. The number of ether oxygens (including phenoxy) is 1. The van der Waals surface area contributed by atoms with E-state index in [1.165, 1.54) is 12.4 Å². The van der Waals surface area contributed by atoms with E-state index in [1.807, 2.05) is 0 Å². The van der Waals surface area contributed by atoms with Crippen LogP contribution >= 0.6 is 0 Å². The minimum Gasteiger partial charge on any atom is -0.474 e. The largest absolute Gasteiger partial charge is 0.474 e. The van der Waals surface area contributed by atoms with Gasteiger partial charge in [0.25, 0.3) is 11.8 Å². The first-order valence-corrected chi connectivity index (χ1v) is 9.20. The van der Waals surface area contributed by atoms with Crippen LogP contribution in [0.15, 0.2) is 30.7 Å². The van der Waals surface area contributed by atoms with E-state index in [0.717, 1.165) is 4.90 Å². The van der Waals surface area contributed by atoms with Crippen molar-refractivity contribution < 1.29 is 23.8 Å². The SMILES string of the molecule is CC[C@@H]1C(F)C(=O)N(CO)[C@@H]1COc1nccc2cc(C(N)=O)c3nccn3c12. The second kappa shape index (κ2) is 7.28. The van der Waals surface area contributed by atoms with Gasteiger partial charge in [-0.25, -0.2) is 14.4 Å². The summed E-state index contributed by atoms with van der Waals surface area (Å²) in [6.45, 7) is 1.17. The molecule has 3 aromatic rings. The molecule has 1 fully saturated rings. The molecule has 2 amide bonds. The van der Waals surface area contributed by atoms with Gasteiger partial charge in [0.2, 0.25) is 5.88 Å². The van der Waals surface area contributed by atoms with Gasteiger partial charge < -0.3 is 20.5 Å². The van der Waals surface area contributed by atoms with Gasteiger partial charge in [-0.15, -0.1) is 0 Å². The zero-order valence-electron chi connectivity index (χ0n) is 15.7. The number of carbonyl (C=O) groups excluding carboxylic acids is 2. The van der Waals surface area contributed by atoms with Crippen molar-refractivity contribution in [1.29, 1.82) is 0 Å². The molecule has 0 spiro atoms. The van der Waals surface area contributed by atoms with Gasteiger partial charge in [0.15, 0.2) is 6.17 Å². The van der Waals surface area contributed by atoms with Crippen molar-refractivity contribution in [2.24, 2.45) is 11.7 Å². The van der Waals surface area contributed by atoms with Crippen LogP contribution in [0.25, 0.3) is 16.6 Å². The highest BCUT2D eigenvalue weighted by Crippen LogP contribution is 2.32.